The van der Waals surface area contributed by atoms with Crippen molar-refractivity contribution in [3.05, 3.63) is 52.6 Å². The second-order valence-electron chi connectivity index (χ2n) is 2.63. The maximum Gasteiger partial charge on any atom is 0.291 e. The highest BCUT2D eigenvalue weighted by molar-refractivity contribution is 5.37. The number of non-ortho nitro benzene ring substituents is 1. The first-order chi connectivity index (χ1) is 6.47. The quantitative estimate of drug-likeness (QED) is 0.426. The van der Waals surface area contributed by atoms with Gasteiger partial charge >= 0.3 is 0 Å². The van der Waals surface area contributed by atoms with Crippen LogP contribution >= 0.6 is 0 Å². The highest BCUT2D eigenvalue weighted by atomic mass is 19.3. The molecule has 5 heteroatoms. The van der Waals surface area contributed by atoms with Crippen molar-refractivity contribution in [2.45, 2.75) is 5.92 Å². The van der Waals surface area contributed by atoms with Crippen LogP contribution in [-0.4, -0.2) is 4.92 Å². The minimum absolute atomic E-state index is 0.357. The Hall–Kier alpha value is -1.78. The lowest BCUT2D eigenvalue weighted by molar-refractivity contribution is -0.385. The molecule has 1 aromatic carbocycles. The summed E-state index contributed by atoms with van der Waals surface area (Å²) in [5.74, 6) is -3.23. The monoisotopic (exact) mass is 199 g/mol. The van der Waals surface area contributed by atoms with Crippen molar-refractivity contribution in [3.63, 3.8) is 0 Å². The molecule has 0 atom stereocenters. The van der Waals surface area contributed by atoms with E-state index in [-0.39, 0.29) is 5.69 Å². The lowest BCUT2D eigenvalue weighted by Gasteiger charge is -2.10. The van der Waals surface area contributed by atoms with E-state index in [0.29, 0.717) is 6.08 Å². The topological polar surface area (TPSA) is 43.1 Å². The fraction of sp³-hybridized carbons (Fsp3) is 0.111. The van der Waals surface area contributed by atoms with Crippen LogP contribution in [-0.2, 0) is 5.92 Å². The number of allylic oxidation sites excluding steroid dienone is 1. The van der Waals surface area contributed by atoms with Gasteiger partial charge in [0.1, 0.15) is 0 Å². The van der Waals surface area contributed by atoms with Gasteiger partial charge in [0.2, 0.25) is 0 Å². The van der Waals surface area contributed by atoms with Crippen molar-refractivity contribution in [1.29, 1.82) is 0 Å². The third-order valence-corrected chi connectivity index (χ3v) is 1.70. The van der Waals surface area contributed by atoms with Crippen LogP contribution in [0.1, 0.15) is 5.56 Å². The number of nitro benzene ring substituents is 1. The Balaban J connectivity index is 3.18. The number of alkyl halides is 2. The van der Waals surface area contributed by atoms with Crippen molar-refractivity contribution < 1.29 is 13.7 Å². The summed E-state index contributed by atoms with van der Waals surface area (Å²) < 4.78 is 26.0. The first-order valence-electron chi connectivity index (χ1n) is 3.74. The summed E-state index contributed by atoms with van der Waals surface area (Å²) in [4.78, 5) is 9.58. The van der Waals surface area contributed by atoms with Crippen LogP contribution in [0.5, 0.6) is 0 Å². The Morgan fingerprint density at radius 3 is 2.64 bits per heavy atom. The molecule has 0 heterocycles. The lowest BCUT2D eigenvalue weighted by atomic mass is 10.1. The molecular weight excluding hydrogens is 192 g/mol. The minimum Gasteiger partial charge on any atom is -0.258 e. The van der Waals surface area contributed by atoms with E-state index in [1.807, 2.05) is 0 Å². The van der Waals surface area contributed by atoms with Crippen molar-refractivity contribution in [2.75, 3.05) is 0 Å². The molecule has 0 saturated carbocycles. The Labute approximate surface area is 78.8 Å². The molecule has 0 aliphatic heterocycles. The summed E-state index contributed by atoms with van der Waals surface area (Å²) in [5, 5.41) is 10.3. The molecule has 0 radical (unpaired) electrons. The van der Waals surface area contributed by atoms with Crippen LogP contribution in [0.2, 0.25) is 0 Å². The standard InChI is InChI=1S/C9H7F2NO2/c1-2-9(10,11)7-4-3-5-8(6-7)12(13)14/h2-6H,1H2. The number of halogens is 2. The van der Waals surface area contributed by atoms with Gasteiger partial charge < -0.3 is 0 Å². The van der Waals surface area contributed by atoms with Gasteiger partial charge in [-0.1, -0.05) is 18.7 Å². The maximum atomic E-state index is 13.0. The van der Waals surface area contributed by atoms with Gasteiger partial charge in [0.25, 0.3) is 11.6 Å². The van der Waals surface area contributed by atoms with E-state index in [2.05, 4.69) is 6.58 Å². The molecule has 74 valence electrons. The second kappa shape index (κ2) is 3.53. The Bertz CT molecular complexity index is 377. The third-order valence-electron chi connectivity index (χ3n) is 1.70. The molecule has 0 unspecified atom stereocenters. The van der Waals surface area contributed by atoms with E-state index in [9.17, 15) is 18.9 Å². The number of rotatable bonds is 3. The zero-order valence-corrected chi connectivity index (χ0v) is 7.11. The SMILES string of the molecule is C=CC(F)(F)c1cccc([N+](=O)[O-])c1. The summed E-state index contributed by atoms with van der Waals surface area (Å²) >= 11 is 0. The van der Waals surface area contributed by atoms with Crippen LogP contribution < -0.4 is 0 Å². The lowest BCUT2D eigenvalue weighted by Crippen LogP contribution is -2.08. The number of hydrogen-bond acceptors (Lipinski definition) is 2. The van der Waals surface area contributed by atoms with Gasteiger partial charge in [0.15, 0.2) is 0 Å². The fourth-order valence-electron chi connectivity index (χ4n) is 0.945. The highest BCUT2D eigenvalue weighted by Crippen LogP contribution is 2.30. The predicted molar refractivity (Wildman–Crippen MR) is 47.2 cm³/mol. The number of hydrogen-bond donors (Lipinski definition) is 0. The Morgan fingerprint density at radius 1 is 1.50 bits per heavy atom. The molecule has 0 fully saturated rings. The van der Waals surface area contributed by atoms with Crippen molar-refractivity contribution >= 4 is 5.69 Å². The molecular formula is C9H7F2NO2. The van der Waals surface area contributed by atoms with Gasteiger partial charge in [0.05, 0.1) is 4.92 Å². The molecule has 1 aromatic rings. The molecule has 0 bridgehead atoms. The van der Waals surface area contributed by atoms with Gasteiger partial charge in [-0.2, -0.15) is 8.78 Å². The summed E-state index contributed by atoms with van der Waals surface area (Å²) in [5.41, 5.74) is -0.786. The zero-order chi connectivity index (χ0) is 10.8. The van der Waals surface area contributed by atoms with E-state index in [4.69, 9.17) is 0 Å². The van der Waals surface area contributed by atoms with Crippen LogP contribution in [0.15, 0.2) is 36.9 Å². The van der Waals surface area contributed by atoms with Crippen LogP contribution in [0, 0.1) is 10.1 Å². The number of nitro groups is 1. The second-order valence-corrected chi connectivity index (χ2v) is 2.63. The first kappa shape index (κ1) is 10.3. The molecule has 0 aromatic heterocycles. The average molecular weight is 199 g/mol. The molecule has 3 nitrogen and oxygen atoms in total. The Kier molecular flexibility index (Phi) is 2.60. The highest BCUT2D eigenvalue weighted by Gasteiger charge is 2.28. The first-order valence-corrected chi connectivity index (χ1v) is 3.74. The van der Waals surface area contributed by atoms with Crippen molar-refractivity contribution in [3.8, 4) is 0 Å². The zero-order valence-electron chi connectivity index (χ0n) is 7.11. The average Bonchev–Trinajstić information content (AvgIpc) is 2.18. The van der Waals surface area contributed by atoms with Gasteiger partial charge in [-0.05, 0) is 6.08 Å². The van der Waals surface area contributed by atoms with Crippen molar-refractivity contribution in [2.24, 2.45) is 0 Å². The number of nitrogens with zero attached hydrogens (tertiary/aromatic N) is 1. The van der Waals surface area contributed by atoms with E-state index >= 15 is 0 Å². The van der Waals surface area contributed by atoms with Gasteiger partial charge in [0, 0.05) is 17.7 Å². The van der Waals surface area contributed by atoms with E-state index < -0.39 is 16.4 Å². The molecule has 0 aliphatic rings. The molecule has 0 aliphatic carbocycles. The van der Waals surface area contributed by atoms with E-state index in [1.165, 1.54) is 6.07 Å². The Morgan fingerprint density at radius 2 is 2.14 bits per heavy atom. The summed E-state index contributed by atoms with van der Waals surface area (Å²) in [6, 6.07) is 4.32. The summed E-state index contributed by atoms with van der Waals surface area (Å²) in [6.07, 6.45) is 0.450. The largest absolute Gasteiger partial charge is 0.291 e. The van der Waals surface area contributed by atoms with Crippen LogP contribution in [0.25, 0.3) is 0 Å². The van der Waals surface area contributed by atoms with Gasteiger partial charge in [-0.15, -0.1) is 0 Å². The van der Waals surface area contributed by atoms with Crippen LogP contribution in [0.4, 0.5) is 14.5 Å². The molecule has 14 heavy (non-hydrogen) atoms. The van der Waals surface area contributed by atoms with E-state index in [0.717, 1.165) is 18.2 Å². The third kappa shape index (κ3) is 1.93. The fourth-order valence-corrected chi connectivity index (χ4v) is 0.945. The molecule has 0 N–H and O–H groups in total. The minimum atomic E-state index is -3.23. The molecule has 1 rings (SSSR count). The summed E-state index contributed by atoms with van der Waals surface area (Å²) in [6.45, 7) is 2.96. The molecule has 0 saturated heterocycles. The number of benzene rings is 1. The maximum absolute atomic E-state index is 13.0. The van der Waals surface area contributed by atoms with Gasteiger partial charge in [-0.25, -0.2) is 0 Å². The van der Waals surface area contributed by atoms with E-state index in [1.54, 1.807) is 0 Å². The van der Waals surface area contributed by atoms with Crippen LogP contribution in [0.3, 0.4) is 0 Å². The smallest absolute Gasteiger partial charge is 0.258 e. The molecule has 0 amide bonds. The van der Waals surface area contributed by atoms with Crippen molar-refractivity contribution in [1.82, 2.24) is 0 Å². The molecule has 0 spiro atoms. The van der Waals surface area contributed by atoms with Gasteiger partial charge in [-0.3, -0.25) is 10.1 Å². The predicted octanol–water partition coefficient (Wildman–Crippen LogP) is 2.87. The normalized spacial score (nSPS) is 11.0. The summed E-state index contributed by atoms with van der Waals surface area (Å²) in [7, 11) is 0.